The topological polar surface area (TPSA) is 86.5 Å². The molecular formula is C14H21NO4S2. The number of carbonyl (C=O) groups excluding carboxylic acids is 1. The fraction of sp³-hybridized carbons (Fsp3) is 0.643. The van der Waals surface area contributed by atoms with E-state index in [-0.39, 0.29) is 10.3 Å². The Morgan fingerprint density at radius 2 is 2.00 bits per heavy atom. The minimum atomic E-state index is -3.78. The van der Waals surface area contributed by atoms with E-state index in [1.54, 1.807) is 6.92 Å². The Morgan fingerprint density at radius 3 is 2.52 bits per heavy atom. The van der Waals surface area contributed by atoms with Crippen molar-refractivity contribution in [2.24, 2.45) is 17.0 Å². The van der Waals surface area contributed by atoms with Crippen molar-refractivity contribution in [1.82, 2.24) is 0 Å². The van der Waals surface area contributed by atoms with E-state index in [2.05, 4.69) is 13.8 Å². The number of primary sulfonamides is 1. The van der Waals surface area contributed by atoms with Gasteiger partial charge in [-0.3, -0.25) is 0 Å². The van der Waals surface area contributed by atoms with Gasteiger partial charge in [-0.2, -0.15) is 0 Å². The van der Waals surface area contributed by atoms with E-state index in [1.807, 2.05) is 0 Å². The predicted octanol–water partition coefficient (Wildman–Crippen LogP) is 2.69. The second kappa shape index (κ2) is 6.06. The lowest BCUT2D eigenvalue weighted by molar-refractivity contribution is 0.00876. The summed E-state index contributed by atoms with van der Waals surface area (Å²) in [5, 5.41) is 6.63. The van der Waals surface area contributed by atoms with Crippen LogP contribution in [0.15, 0.2) is 9.59 Å². The van der Waals surface area contributed by atoms with Crippen molar-refractivity contribution in [3.8, 4) is 0 Å². The molecular weight excluding hydrogens is 310 g/mol. The summed E-state index contributed by atoms with van der Waals surface area (Å²) in [5.74, 6) is 0.724. The van der Waals surface area contributed by atoms with Crippen LogP contribution in [-0.4, -0.2) is 20.5 Å². The maximum Gasteiger partial charge on any atom is 0.339 e. The summed E-state index contributed by atoms with van der Waals surface area (Å²) >= 11 is 0.961. The van der Waals surface area contributed by atoms with Gasteiger partial charge in [-0.25, -0.2) is 18.4 Å². The first-order valence-corrected chi connectivity index (χ1v) is 9.44. The number of hydrogen-bond acceptors (Lipinski definition) is 5. The van der Waals surface area contributed by atoms with E-state index in [0.29, 0.717) is 23.0 Å². The average Bonchev–Trinajstić information content (AvgIpc) is 2.75. The molecule has 7 heteroatoms. The summed E-state index contributed by atoms with van der Waals surface area (Å²) in [4.78, 5) is 12.2. The molecule has 0 spiro atoms. The van der Waals surface area contributed by atoms with Crippen LogP contribution in [0.4, 0.5) is 0 Å². The van der Waals surface area contributed by atoms with Gasteiger partial charge in [-0.15, -0.1) is 11.3 Å². The van der Waals surface area contributed by atoms with Crippen LogP contribution in [0, 0.1) is 18.8 Å². The maximum atomic E-state index is 12.2. The Morgan fingerprint density at radius 1 is 1.33 bits per heavy atom. The van der Waals surface area contributed by atoms with Crippen molar-refractivity contribution < 1.29 is 17.9 Å². The minimum absolute atomic E-state index is 0.0279. The smallest absolute Gasteiger partial charge is 0.339 e. The number of ether oxygens (including phenoxy) is 1. The van der Waals surface area contributed by atoms with Gasteiger partial charge in [0.25, 0.3) is 0 Å². The Labute approximate surface area is 129 Å². The molecule has 3 unspecified atom stereocenters. The van der Waals surface area contributed by atoms with E-state index >= 15 is 0 Å². The van der Waals surface area contributed by atoms with Crippen molar-refractivity contribution in [2.75, 3.05) is 0 Å². The van der Waals surface area contributed by atoms with Crippen LogP contribution >= 0.6 is 11.3 Å². The van der Waals surface area contributed by atoms with Crippen molar-refractivity contribution in [1.29, 1.82) is 0 Å². The normalized spacial score (nSPS) is 26.6. The maximum absolute atomic E-state index is 12.2. The molecule has 0 aliphatic heterocycles. The molecule has 1 saturated carbocycles. The lowest BCUT2D eigenvalue weighted by atomic mass is 9.80. The van der Waals surface area contributed by atoms with Crippen LogP contribution in [-0.2, 0) is 14.8 Å². The van der Waals surface area contributed by atoms with E-state index < -0.39 is 16.0 Å². The molecule has 1 aromatic rings. The standard InChI is InChI=1S/C14H21NO4S2/c1-8-4-5-11(6-9(8)2)19-13(16)12-7-20-14(10(12)3)21(15,17)18/h7-9,11H,4-6H2,1-3H3,(H2,15,17,18). The van der Waals surface area contributed by atoms with Gasteiger partial charge in [0.05, 0.1) is 5.56 Å². The monoisotopic (exact) mass is 331 g/mol. The number of sulfonamides is 1. The van der Waals surface area contributed by atoms with Gasteiger partial charge in [-0.05, 0) is 43.6 Å². The van der Waals surface area contributed by atoms with Gasteiger partial charge >= 0.3 is 5.97 Å². The third kappa shape index (κ3) is 3.64. The number of carbonyl (C=O) groups is 1. The highest BCUT2D eigenvalue weighted by Crippen LogP contribution is 2.32. The van der Waals surface area contributed by atoms with Crippen molar-refractivity contribution in [3.05, 3.63) is 16.5 Å². The van der Waals surface area contributed by atoms with Gasteiger partial charge in [0, 0.05) is 5.38 Å². The van der Waals surface area contributed by atoms with Crippen LogP contribution < -0.4 is 5.14 Å². The van der Waals surface area contributed by atoms with E-state index in [4.69, 9.17) is 9.88 Å². The lowest BCUT2D eigenvalue weighted by Gasteiger charge is -2.31. The van der Waals surface area contributed by atoms with Crippen molar-refractivity contribution in [3.63, 3.8) is 0 Å². The zero-order valence-corrected chi connectivity index (χ0v) is 14.1. The molecule has 1 aliphatic carbocycles. The second-order valence-electron chi connectivity index (χ2n) is 5.90. The van der Waals surface area contributed by atoms with Crippen LogP contribution in [0.2, 0.25) is 0 Å². The Balaban J connectivity index is 2.10. The minimum Gasteiger partial charge on any atom is -0.459 e. The van der Waals surface area contributed by atoms with Crippen LogP contribution in [0.25, 0.3) is 0 Å². The first-order valence-electron chi connectivity index (χ1n) is 7.02. The van der Waals surface area contributed by atoms with Gasteiger partial charge in [-0.1, -0.05) is 13.8 Å². The highest BCUT2D eigenvalue weighted by Gasteiger charge is 2.29. The molecule has 0 bridgehead atoms. The summed E-state index contributed by atoms with van der Waals surface area (Å²) in [6.07, 6.45) is 2.69. The van der Waals surface area contributed by atoms with Crippen LogP contribution in [0.3, 0.4) is 0 Å². The molecule has 2 N–H and O–H groups in total. The Bertz CT molecular complexity index is 635. The number of hydrogen-bond donors (Lipinski definition) is 1. The molecule has 0 aromatic carbocycles. The first-order chi connectivity index (χ1) is 9.70. The molecule has 0 amide bonds. The van der Waals surface area contributed by atoms with Gasteiger partial charge in [0.1, 0.15) is 10.3 Å². The molecule has 118 valence electrons. The Hall–Kier alpha value is -0.920. The van der Waals surface area contributed by atoms with Crippen LogP contribution in [0.1, 0.15) is 49.0 Å². The number of thiophene rings is 1. The SMILES string of the molecule is Cc1c(C(=O)OC2CCC(C)C(C)C2)csc1S(N)(=O)=O. The lowest BCUT2D eigenvalue weighted by Crippen LogP contribution is -2.28. The average molecular weight is 331 g/mol. The first kappa shape index (κ1) is 16.5. The van der Waals surface area contributed by atoms with E-state index in [9.17, 15) is 13.2 Å². The number of nitrogens with two attached hydrogens (primary N) is 1. The molecule has 21 heavy (non-hydrogen) atoms. The summed E-state index contributed by atoms with van der Waals surface area (Å²) in [6, 6.07) is 0. The highest BCUT2D eigenvalue weighted by atomic mass is 32.2. The number of rotatable bonds is 3. The second-order valence-corrected chi connectivity index (χ2v) is 8.54. The third-order valence-electron chi connectivity index (χ3n) is 4.30. The molecule has 1 aromatic heterocycles. The van der Waals surface area contributed by atoms with Crippen molar-refractivity contribution >= 4 is 27.3 Å². The predicted molar refractivity (Wildman–Crippen MR) is 81.8 cm³/mol. The van der Waals surface area contributed by atoms with E-state index in [0.717, 1.165) is 30.6 Å². The van der Waals surface area contributed by atoms with Gasteiger partial charge in [0.2, 0.25) is 10.0 Å². The summed E-state index contributed by atoms with van der Waals surface area (Å²) in [6.45, 7) is 5.96. The van der Waals surface area contributed by atoms with Crippen LogP contribution in [0.5, 0.6) is 0 Å². The summed E-state index contributed by atoms with van der Waals surface area (Å²) < 4.78 is 28.4. The van der Waals surface area contributed by atoms with Crippen molar-refractivity contribution in [2.45, 2.75) is 50.3 Å². The zero-order chi connectivity index (χ0) is 15.8. The molecule has 0 saturated heterocycles. The quantitative estimate of drug-likeness (QED) is 0.863. The summed E-state index contributed by atoms with van der Waals surface area (Å²) in [5.41, 5.74) is 0.681. The molecule has 1 fully saturated rings. The largest absolute Gasteiger partial charge is 0.459 e. The summed E-state index contributed by atoms with van der Waals surface area (Å²) in [7, 11) is -3.78. The molecule has 1 aliphatic rings. The molecule has 5 nitrogen and oxygen atoms in total. The fourth-order valence-electron chi connectivity index (χ4n) is 2.70. The molecule has 2 rings (SSSR count). The molecule has 1 heterocycles. The van der Waals surface area contributed by atoms with E-state index in [1.165, 1.54) is 5.38 Å². The molecule has 0 radical (unpaired) electrons. The third-order valence-corrected chi connectivity index (χ3v) is 6.98. The fourth-order valence-corrected chi connectivity index (χ4v) is 4.70. The van der Waals surface area contributed by atoms with Gasteiger partial charge in [0.15, 0.2) is 0 Å². The number of esters is 1. The highest BCUT2D eigenvalue weighted by molar-refractivity contribution is 7.91. The Kier molecular flexibility index (Phi) is 4.75. The van der Waals surface area contributed by atoms with Gasteiger partial charge < -0.3 is 4.74 Å². The zero-order valence-electron chi connectivity index (χ0n) is 12.5. The molecule has 3 atom stereocenters.